The lowest BCUT2D eigenvalue weighted by Gasteiger charge is -2.13. The molecular formula is C10H10ClFO3. The van der Waals surface area contributed by atoms with Gasteiger partial charge in [-0.05, 0) is 18.6 Å². The zero-order valence-corrected chi connectivity index (χ0v) is 8.75. The van der Waals surface area contributed by atoms with Crippen molar-refractivity contribution in [2.24, 2.45) is 0 Å². The third-order valence-corrected chi connectivity index (χ3v) is 2.49. The zero-order chi connectivity index (χ0) is 11.6. The van der Waals surface area contributed by atoms with Gasteiger partial charge in [-0.1, -0.05) is 18.5 Å². The van der Waals surface area contributed by atoms with E-state index in [-0.39, 0.29) is 17.0 Å². The van der Waals surface area contributed by atoms with E-state index < -0.39 is 23.5 Å². The summed E-state index contributed by atoms with van der Waals surface area (Å²) in [6.45, 7) is 1.61. The van der Waals surface area contributed by atoms with E-state index in [4.69, 9.17) is 21.8 Å². The number of carboxylic acid groups (broad SMARTS) is 1. The van der Waals surface area contributed by atoms with Crippen LogP contribution in [0.25, 0.3) is 0 Å². The molecule has 2 N–H and O–H groups in total. The van der Waals surface area contributed by atoms with E-state index in [1.807, 2.05) is 0 Å². The Morgan fingerprint density at radius 2 is 2.20 bits per heavy atom. The first kappa shape index (κ1) is 11.8. The first-order chi connectivity index (χ1) is 6.99. The van der Waals surface area contributed by atoms with Crippen molar-refractivity contribution in [3.63, 3.8) is 0 Å². The first-order valence-corrected chi connectivity index (χ1v) is 4.76. The third kappa shape index (κ3) is 2.21. The fraction of sp³-hybridized carbons (Fsp3) is 0.300. The van der Waals surface area contributed by atoms with E-state index in [0.717, 1.165) is 6.07 Å². The molecule has 0 spiro atoms. The van der Waals surface area contributed by atoms with Crippen LogP contribution in [0.2, 0.25) is 5.02 Å². The summed E-state index contributed by atoms with van der Waals surface area (Å²) >= 11 is 5.70. The molecule has 0 radical (unpaired) electrons. The minimum atomic E-state index is -1.16. The lowest BCUT2D eigenvalue weighted by atomic mass is 9.96. The van der Waals surface area contributed by atoms with Gasteiger partial charge in [0.25, 0.3) is 0 Å². The second kappa shape index (κ2) is 4.49. The van der Waals surface area contributed by atoms with Crippen molar-refractivity contribution in [2.75, 3.05) is 0 Å². The topological polar surface area (TPSA) is 57.5 Å². The monoisotopic (exact) mass is 232 g/mol. The lowest BCUT2D eigenvalue weighted by molar-refractivity contribution is -0.138. The molecule has 0 heterocycles. The van der Waals surface area contributed by atoms with Gasteiger partial charge in [0.05, 0.1) is 5.92 Å². The van der Waals surface area contributed by atoms with Crippen LogP contribution in [-0.2, 0) is 4.79 Å². The number of hydrogen-bond donors (Lipinski definition) is 2. The van der Waals surface area contributed by atoms with Gasteiger partial charge in [0.15, 0.2) is 11.6 Å². The summed E-state index contributed by atoms with van der Waals surface area (Å²) in [4.78, 5) is 10.8. The van der Waals surface area contributed by atoms with Gasteiger partial charge in [-0.15, -0.1) is 0 Å². The fourth-order valence-electron chi connectivity index (χ4n) is 1.38. The number of aromatic hydroxyl groups is 1. The van der Waals surface area contributed by atoms with Gasteiger partial charge in [0.2, 0.25) is 0 Å². The van der Waals surface area contributed by atoms with E-state index in [0.29, 0.717) is 0 Å². The Morgan fingerprint density at radius 1 is 1.60 bits per heavy atom. The minimum Gasteiger partial charge on any atom is -0.505 e. The van der Waals surface area contributed by atoms with E-state index >= 15 is 0 Å². The molecule has 1 aromatic rings. The summed E-state index contributed by atoms with van der Waals surface area (Å²) in [5, 5.41) is 18.0. The summed E-state index contributed by atoms with van der Waals surface area (Å²) < 4.78 is 13.5. The van der Waals surface area contributed by atoms with Crippen molar-refractivity contribution < 1.29 is 19.4 Å². The summed E-state index contributed by atoms with van der Waals surface area (Å²) in [5.74, 6) is -3.75. The number of hydrogen-bond acceptors (Lipinski definition) is 2. The van der Waals surface area contributed by atoms with Crippen LogP contribution in [0.5, 0.6) is 5.75 Å². The van der Waals surface area contributed by atoms with Crippen LogP contribution in [0.1, 0.15) is 24.8 Å². The average molecular weight is 233 g/mol. The highest BCUT2D eigenvalue weighted by Gasteiger charge is 2.25. The molecule has 0 aliphatic rings. The summed E-state index contributed by atoms with van der Waals surface area (Å²) in [6.07, 6.45) is 0.204. The van der Waals surface area contributed by atoms with Crippen LogP contribution in [0.4, 0.5) is 4.39 Å². The highest BCUT2D eigenvalue weighted by atomic mass is 35.5. The van der Waals surface area contributed by atoms with Crippen LogP contribution in [-0.4, -0.2) is 16.2 Å². The van der Waals surface area contributed by atoms with Crippen molar-refractivity contribution in [3.8, 4) is 5.75 Å². The highest BCUT2D eigenvalue weighted by molar-refractivity contribution is 6.31. The van der Waals surface area contributed by atoms with Crippen LogP contribution in [0.15, 0.2) is 12.1 Å². The molecular weight excluding hydrogens is 223 g/mol. The van der Waals surface area contributed by atoms with Gasteiger partial charge >= 0.3 is 5.97 Å². The number of benzene rings is 1. The summed E-state index contributed by atoms with van der Waals surface area (Å²) in [7, 11) is 0. The minimum absolute atomic E-state index is 0.0135. The second-order valence-corrected chi connectivity index (χ2v) is 3.50. The Balaban J connectivity index is 3.34. The molecule has 1 aromatic carbocycles. The van der Waals surface area contributed by atoms with Gasteiger partial charge < -0.3 is 10.2 Å². The number of carbonyl (C=O) groups is 1. The maximum absolute atomic E-state index is 13.5. The first-order valence-electron chi connectivity index (χ1n) is 4.38. The molecule has 15 heavy (non-hydrogen) atoms. The maximum Gasteiger partial charge on any atom is 0.311 e. The Kier molecular flexibility index (Phi) is 3.52. The SMILES string of the molecule is CCC(C(=O)O)c1c(Cl)ccc(O)c1F. The fourth-order valence-corrected chi connectivity index (χ4v) is 1.66. The number of rotatable bonds is 3. The van der Waals surface area contributed by atoms with E-state index in [1.54, 1.807) is 6.92 Å². The number of phenolic OH excluding ortho intramolecular Hbond substituents is 1. The Labute approximate surface area is 91.1 Å². The smallest absolute Gasteiger partial charge is 0.311 e. The maximum atomic E-state index is 13.5. The Bertz CT molecular complexity index is 392. The van der Waals surface area contributed by atoms with Crippen molar-refractivity contribution in [1.29, 1.82) is 0 Å². The molecule has 82 valence electrons. The van der Waals surface area contributed by atoms with Crippen LogP contribution in [0, 0.1) is 5.82 Å². The third-order valence-electron chi connectivity index (χ3n) is 2.16. The predicted molar refractivity (Wildman–Crippen MR) is 53.7 cm³/mol. The van der Waals surface area contributed by atoms with E-state index in [2.05, 4.69) is 0 Å². The normalized spacial score (nSPS) is 12.5. The molecule has 0 amide bonds. The average Bonchev–Trinajstić information content (AvgIpc) is 2.18. The number of phenols is 1. The standard InChI is InChI=1S/C10H10ClFO3/c1-2-5(10(14)15)8-6(11)3-4-7(13)9(8)12/h3-5,13H,2H2,1H3,(H,14,15). The lowest BCUT2D eigenvalue weighted by Crippen LogP contribution is -2.12. The summed E-state index contributed by atoms with van der Waals surface area (Å²) in [5.41, 5.74) is -0.160. The molecule has 0 aromatic heterocycles. The largest absolute Gasteiger partial charge is 0.505 e. The Hall–Kier alpha value is -1.29. The number of carboxylic acids is 1. The van der Waals surface area contributed by atoms with Gasteiger partial charge in [0.1, 0.15) is 0 Å². The van der Waals surface area contributed by atoms with E-state index in [9.17, 15) is 9.18 Å². The highest BCUT2D eigenvalue weighted by Crippen LogP contribution is 2.33. The van der Waals surface area contributed by atoms with Gasteiger partial charge in [-0.3, -0.25) is 4.79 Å². The van der Waals surface area contributed by atoms with Gasteiger partial charge in [0, 0.05) is 10.6 Å². The predicted octanol–water partition coefficient (Wildman–Crippen LogP) is 2.76. The number of aliphatic carboxylic acids is 1. The second-order valence-electron chi connectivity index (χ2n) is 3.09. The van der Waals surface area contributed by atoms with E-state index in [1.165, 1.54) is 6.07 Å². The molecule has 5 heteroatoms. The quantitative estimate of drug-likeness (QED) is 0.843. The van der Waals surface area contributed by atoms with Crippen LogP contribution in [0.3, 0.4) is 0 Å². The van der Waals surface area contributed by atoms with Crippen molar-refractivity contribution in [2.45, 2.75) is 19.3 Å². The molecule has 0 aliphatic heterocycles. The Morgan fingerprint density at radius 3 is 2.67 bits per heavy atom. The molecule has 0 aliphatic carbocycles. The van der Waals surface area contributed by atoms with Gasteiger partial charge in [-0.2, -0.15) is 0 Å². The van der Waals surface area contributed by atoms with Crippen molar-refractivity contribution >= 4 is 17.6 Å². The molecule has 0 bridgehead atoms. The summed E-state index contributed by atoms with van der Waals surface area (Å²) in [6, 6.07) is 2.37. The molecule has 0 fully saturated rings. The van der Waals surface area contributed by atoms with Crippen LogP contribution >= 0.6 is 11.6 Å². The van der Waals surface area contributed by atoms with Crippen LogP contribution < -0.4 is 0 Å². The molecule has 0 saturated carbocycles. The molecule has 0 saturated heterocycles. The molecule has 1 rings (SSSR count). The molecule has 3 nitrogen and oxygen atoms in total. The van der Waals surface area contributed by atoms with Crippen molar-refractivity contribution in [3.05, 3.63) is 28.5 Å². The zero-order valence-electron chi connectivity index (χ0n) is 8.00. The molecule has 1 unspecified atom stereocenters. The number of halogens is 2. The van der Waals surface area contributed by atoms with Crippen molar-refractivity contribution in [1.82, 2.24) is 0 Å². The van der Waals surface area contributed by atoms with Gasteiger partial charge in [-0.25, -0.2) is 4.39 Å². The molecule has 1 atom stereocenters.